The molecule has 5 rings (SSSR count). The van der Waals surface area contributed by atoms with Crippen LogP contribution in [0.2, 0.25) is 10.0 Å². The zero-order chi connectivity index (χ0) is 32.2. The first-order valence-electron chi connectivity index (χ1n) is 14.1. The number of ether oxygens (including phenoxy) is 7. The number of carbonyl (C=O) groups excluding carboxylic acids is 1. The van der Waals surface area contributed by atoms with E-state index in [9.17, 15) is 18.7 Å². The van der Waals surface area contributed by atoms with Gasteiger partial charge in [0.2, 0.25) is 0 Å². The number of amides is 1. The summed E-state index contributed by atoms with van der Waals surface area (Å²) in [7, 11) is 0. The molecule has 2 aromatic carbocycles. The van der Waals surface area contributed by atoms with Crippen LogP contribution in [0.15, 0.2) is 12.1 Å². The second kappa shape index (κ2) is 14.3. The predicted octanol–water partition coefficient (Wildman–Crippen LogP) is 4.97. The highest BCUT2D eigenvalue weighted by atomic mass is 35.5. The van der Waals surface area contributed by atoms with Gasteiger partial charge in [-0.25, -0.2) is 13.6 Å². The summed E-state index contributed by atoms with van der Waals surface area (Å²) >= 11 is 12.0. The molecule has 4 N–H and O–H groups in total. The molecule has 0 aliphatic carbocycles. The lowest BCUT2D eigenvalue weighted by molar-refractivity contribution is -0.151. The number of carbonyl (C=O) groups is 1. The first-order valence-corrected chi connectivity index (χ1v) is 14.8. The molecule has 244 valence electrons. The van der Waals surface area contributed by atoms with Crippen molar-refractivity contribution >= 4 is 29.3 Å². The number of benzene rings is 2. The largest absolute Gasteiger partial charge is 0.493 e. The minimum absolute atomic E-state index is 0.0674. The molecule has 3 saturated heterocycles. The van der Waals surface area contributed by atoms with E-state index in [1.165, 1.54) is 12.1 Å². The fourth-order valence-corrected chi connectivity index (χ4v) is 5.55. The van der Waals surface area contributed by atoms with Crippen molar-refractivity contribution in [2.45, 2.75) is 51.5 Å². The minimum Gasteiger partial charge on any atom is -0.493 e. The minimum atomic E-state index is -1.23. The molecule has 2 atom stereocenters. The summed E-state index contributed by atoms with van der Waals surface area (Å²) in [6.45, 7) is 9.14. The Kier molecular flexibility index (Phi) is 11.2. The van der Waals surface area contributed by atoms with E-state index in [0.29, 0.717) is 44.2 Å². The van der Waals surface area contributed by atoms with Crippen LogP contribution >= 0.6 is 23.2 Å². The van der Waals surface area contributed by atoms with Crippen LogP contribution < -0.4 is 20.5 Å². The average molecular weight is 666 g/mol. The van der Waals surface area contributed by atoms with Crippen LogP contribution in [0, 0.1) is 11.6 Å². The van der Waals surface area contributed by atoms with Crippen molar-refractivity contribution in [1.29, 1.82) is 0 Å². The Hall–Kier alpha value is -2.49. The van der Waals surface area contributed by atoms with Crippen LogP contribution in [-0.4, -0.2) is 63.9 Å². The van der Waals surface area contributed by atoms with E-state index in [1.807, 2.05) is 0 Å². The Labute approximate surface area is 263 Å². The second-order valence-corrected chi connectivity index (χ2v) is 10.9. The molecule has 3 heterocycles. The molecule has 3 aliphatic rings. The van der Waals surface area contributed by atoms with Gasteiger partial charge in [-0.05, 0) is 39.8 Å². The van der Waals surface area contributed by atoms with Crippen LogP contribution in [0.5, 0.6) is 11.5 Å². The van der Waals surface area contributed by atoms with Crippen molar-refractivity contribution in [3.8, 4) is 11.5 Å². The van der Waals surface area contributed by atoms with E-state index in [2.05, 4.69) is 5.32 Å². The molecular formula is C29H36Cl2F2N2O9. The number of aliphatic hydroxyl groups excluding tert-OH is 1. The van der Waals surface area contributed by atoms with E-state index >= 15 is 0 Å². The first kappa shape index (κ1) is 34.4. The normalized spacial score (nSPS) is 20.9. The number of hydrogen-bond donors (Lipinski definition) is 3. The molecule has 3 aliphatic heterocycles. The summed E-state index contributed by atoms with van der Waals surface area (Å²) in [6.07, 6.45) is -2.67. The van der Waals surface area contributed by atoms with E-state index in [0.717, 1.165) is 0 Å². The number of cyclic esters (lactones) is 1. The van der Waals surface area contributed by atoms with Crippen LogP contribution in [0.3, 0.4) is 0 Å². The van der Waals surface area contributed by atoms with Crippen molar-refractivity contribution in [2.75, 3.05) is 52.7 Å². The number of hydrogen-bond acceptors (Lipinski definition) is 10. The van der Waals surface area contributed by atoms with Gasteiger partial charge in [0.25, 0.3) is 0 Å². The molecule has 11 nitrogen and oxygen atoms in total. The Bertz CT molecular complexity index is 1360. The summed E-state index contributed by atoms with van der Waals surface area (Å²) in [6, 6.07) is 2.83. The van der Waals surface area contributed by atoms with Crippen molar-refractivity contribution in [3.63, 3.8) is 0 Å². The quantitative estimate of drug-likeness (QED) is 0.337. The number of aliphatic hydroxyl groups is 1. The number of nitrogens with one attached hydrogen (secondary N) is 1. The van der Waals surface area contributed by atoms with Gasteiger partial charge in [-0.15, -0.1) is 0 Å². The van der Waals surface area contributed by atoms with Crippen molar-refractivity contribution in [3.05, 3.63) is 56.1 Å². The Morgan fingerprint density at radius 2 is 1.43 bits per heavy atom. The van der Waals surface area contributed by atoms with Crippen molar-refractivity contribution in [1.82, 2.24) is 5.32 Å². The topological polar surface area (TPSA) is 140 Å². The SMILES string of the molecule is CCOc1c(C2(C)OCCO2)cc(Cl)c(F)c1[C@@H](O)CN.CCOc1c(C2(C)OCCO2)cc(Cl)c(F)c1[C@@H]1CNC(=O)O1. The number of alkyl carbamates (subject to hydrolysis) is 1. The highest BCUT2D eigenvalue weighted by Gasteiger charge is 2.42. The third-order valence-electron chi connectivity index (χ3n) is 7.20. The zero-order valence-corrected chi connectivity index (χ0v) is 26.3. The summed E-state index contributed by atoms with van der Waals surface area (Å²) in [4.78, 5) is 11.3. The number of nitrogens with two attached hydrogens (primary N) is 1. The van der Waals surface area contributed by atoms with Crippen LogP contribution in [0.4, 0.5) is 13.6 Å². The van der Waals surface area contributed by atoms with Gasteiger partial charge in [-0.3, -0.25) is 0 Å². The lowest BCUT2D eigenvalue weighted by atomic mass is 9.98. The molecule has 3 fully saturated rings. The molecule has 0 radical (unpaired) electrons. The summed E-state index contributed by atoms with van der Waals surface area (Å²) in [5.74, 6) is -3.20. The van der Waals surface area contributed by atoms with Gasteiger partial charge in [0, 0.05) is 6.54 Å². The van der Waals surface area contributed by atoms with Gasteiger partial charge in [0.1, 0.15) is 11.5 Å². The molecule has 0 unspecified atom stereocenters. The third-order valence-corrected chi connectivity index (χ3v) is 7.76. The molecule has 0 spiro atoms. The summed E-state index contributed by atoms with van der Waals surface area (Å²) in [5, 5.41) is 12.2. The summed E-state index contributed by atoms with van der Waals surface area (Å²) < 4.78 is 67.7. The van der Waals surface area contributed by atoms with E-state index in [-0.39, 0.29) is 52.4 Å². The highest BCUT2D eigenvalue weighted by Crippen LogP contribution is 2.46. The van der Waals surface area contributed by atoms with E-state index in [4.69, 9.17) is 62.1 Å². The molecule has 0 bridgehead atoms. The van der Waals surface area contributed by atoms with Crippen LogP contribution in [0.1, 0.15) is 62.2 Å². The lowest BCUT2D eigenvalue weighted by Crippen LogP contribution is -2.26. The average Bonchev–Trinajstić information content (AvgIpc) is 3.75. The van der Waals surface area contributed by atoms with Gasteiger partial charge in [-0.2, -0.15) is 0 Å². The van der Waals surface area contributed by atoms with Gasteiger partial charge in [-0.1, -0.05) is 23.2 Å². The van der Waals surface area contributed by atoms with Crippen molar-refractivity contribution in [2.24, 2.45) is 5.73 Å². The van der Waals surface area contributed by atoms with E-state index in [1.54, 1.807) is 27.7 Å². The molecular weight excluding hydrogens is 629 g/mol. The Morgan fingerprint density at radius 1 is 0.955 bits per heavy atom. The Morgan fingerprint density at radius 3 is 1.89 bits per heavy atom. The van der Waals surface area contributed by atoms with Gasteiger partial charge in [0.15, 0.2) is 29.3 Å². The van der Waals surface area contributed by atoms with Gasteiger partial charge >= 0.3 is 6.09 Å². The van der Waals surface area contributed by atoms with Crippen molar-refractivity contribution < 1.29 is 51.8 Å². The summed E-state index contributed by atoms with van der Waals surface area (Å²) in [5.41, 5.74) is 6.38. The maximum atomic E-state index is 14.6. The first-order chi connectivity index (χ1) is 20.9. The second-order valence-electron chi connectivity index (χ2n) is 10.1. The molecule has 0 aromatic heterocycles. The van der Waals surface area contributed by atoms with Gasteiger partial charge < -0.3 is 49.3 Å². The van der Waals surface area contributed by atoms with Gasteiger partial charge in [0.05, 0.1) is 84.6 Å². The lowest BCUT2D eigenvalue weighted by Gasteiger charge is -2.28. The Balaban J connectivity index is 0.000000202. The predicted molar refractivity (Wildman–Crippen MR) is 155 cm³/mol. The monoisotopic (exact) mass is 664 g/mol. The highest BCUT2D eigenvalue weighted by molar-refractivity contribution is 6.31. The van der Waals surface area contributed by atoms with E-state index < -0.39 is 41.5 Å². The molecule has 15 heteroatoms. The number of rotatable bonds is 9. The molecule has 0 saturated carbocycles. The fraction of sp³-hybridized carbons (Fsp3) is 0.552. The van der Waals surface area contributed by atoms with Crippen LogP contribution in [-0.2, 0) is 35.3 Å². The third kappa shape index (κ3) is 6.85. The number of halogens is 4. The smallest absolute Gasteiger partial charge is 0.407 e. The maximum absolute atomic E-state index is 14.6. The standard InChI is InChI=1S/C15H17ClFNO5.C14H19ClFNO4/c1-3-20-13-8(15(2)21-4-5-22-15)6-9(16)12(17)11(13)10-7-18-14(19)23-10;1-3-19-13-8(14(2)20-4-5-21-14)6-9(15)12(16)11(13)10(18)7-17/h6,10H,3-5,7H2,1-2H3,(H,18,19);6,10,18H,3-5,7,17H2,1-2H3/t2*10-/m00/s1. The van der Waals surface area contributed by atoms with Crippen LogP contribution in [0.25, 0.3) is 0 Å². The zero-order valence-electron chi connectivity index (χ0n) is 24.8. The molecule has 44 heavy (non-hydrogen) atoms. The molecule has 1 amide bonds. The molecule has 2 aromatic rings. The maximum Gasteiger partial charge on any atom is 0.407 e. The fourth-order valence-electron chi connectivity index (χ4n) is 5.13.